The van der Waals surface area contributed by atoms with Crippen molar-refractivity contribution in [1.82, 2.24) is 10.3 Å². The molecule has 56 valence electrons. The highest BCUT2D eigenvalue weighted by Crippen LogP contribution is 2.19. The lowest BCUT2D eigenvalue weighted by atomic mass is 10.5. The first-order valence-corrected chi connectivity index (χ1v) is 5.10. The molecule has 1 rings (SSSR count). The fourth-order valence-corrected chi connectivity index (χ4v) is 1.93. The third kappa shape index (κ3) is 1.97. The molecule has 0 unspecified atom stereocenters. The number of nitrogens with zero attached hydrogens (tertiary/aromatic N) is 1. The highest BCUT2D eigenvalue weighted by Gasteiger charge is 1.97. The van der Waals surface area contributed by atoms with Gasteiger partial charge in [0.05, 0.1) is 5.69 Å². The largest absolute Gasteiger partial charge is 0.314 e. The Morgan fingerprint density at radius 2 is 2.60 bits per heavy atom. The minimum Gasteiger partial charge on any atom is -0.314 e. The molecule has 0 aliphatic rings. The van der Waals surface area contributed by atoms with Crippen LogP contribution in [0.5, 0.6) is 0 Å². The Morgan fingerprint density at radius 3 is 3.10 bits per heavy atom. The summed E-state index contributed by atoms with van der Waals surface area (Å²) in [5.74, 6) is 0. The van der Waals surface area contributed by atoms with E-state index in [9.17, 15) is 0 Å². The van der Waals surface area contributed by atoms with Gasteiger partial charge in [-0.25, -0.2) is 4.98 Å². The van der Waals surface area contributed by atoms with Gasteiger partial charge in [0.1, 0.15) is 4.34 Å². The van der Waals surface area contributed by atoms with Gasteiger partial charge in [-0.2, -0.15) is 0 Å². The standard InChI is InChI=1S/C6H10N2S2/c1-7-3-5-4-10-6(8-5)9-2/h4,7H,3H2,1-2H3. The number of thioether (sulfide) groups is 1. The average molecular weight is 174 g/mol. The first-order chi connectivity index (χ1) is 4.86. The predicted molar refractivity (Wildman–Crippen MR) is 46.7 cm³/mol. The molecule has 0 amide bonds. The Kier molecular flexibility index (Phi) is 3.18. The van der Waals surface area contributed by atoms with Gasteiger partial charge in [-0.15, -0.1) is 11.3 Å². The van der Waals surface area contributed by atoms with E-state index >= 15 is 0 Å². The fourth-order valence-electron chi connectivity index (χ4n) is 0.644. The maximum atomic E-state index is 4.34. The van der Waals surface area contributed by atoms with E-state index in [1.165, 1.54) is 0 Å². The Labute approximate surface area is 69.1 Å². The van der Waals surface area contributed by atoms with E-state index in [0.29, 0.717) is 0 Å². The number of aromatic nitrogens is 1. The molecule has 0 bridgehead atoms. The summed E-state index contributed by atoms with van der Waals surface area (Å²) in [6.45, 7) is 0.872. The lowest BCUT2D eigenvalue weighted by Gasteiger charge is -1.89. The van der Waals surface area contributed by atoms with Crippen molar-refractivity contribution in [2.45, 2.75) is 10.9 Å². The summed E-state index contributed by atoms with van der Waals surface area (Å²) in [6, 6.07) is 0. The Morgan fingerprint density at radius 1 is 1.80 bits per heavy atom. The smallest absolute Gasteiger partial charge is 0.149 e. The molecule has 10 heavy (non-hydrogen) atoms. The summed E-state index contributed by atoms with van der Waals surface area (Å²) in [7, 11) is 1.93. The molecule has 0 fully saturated rings. The zero-order chi connectivity index (χ0) is 7.40. The van der Waals surface area contributed by atoms with Crippen LogP contribution >= 0.6 is 23.1 Å². The molecule has 1 aromatic rings. The molecule has 0 aliphatic carbocycles. The van der Waals surface area contributed by atoms with E-state index in [1.807, 2.05) is 13.3 Å². The molecule has 0 atom stereocenters. The maximum Gasteiger partial charge on any atom is 0.149 e. The Balaban J connectivity index is 2.59. The predicted octanol–water partition coefficient (Wildman–Crippen LogP) is 1.58. The molecule has 0 saturated heterocycles. The topological polar surface area (TPSA) is 24.9 Å². The molecule has 0 aromatic carbocycles. The van der Waals surface area contributed by atoms with Crippen molar-refractivity contribution in [1.29, 1.82) is 0 Å². The van der Waals surface area contributed by atoms with Crippen LogP contribution < -0.4 is 5.32 Å². The van der Waals surface area contributed by atoms with Gasteiger partial charge in [-0.05, 0) is 13.3 Å². The van der Waals surface area contributed by atoms with Gasteiger partial charge in [0, 0.05) is 11.9 Å². The lowest BCUT2D eigenvalue weighted by molar-refractivity contribution is 0.791. The van der Waals surface area contributed by atoms with Crippen LogP contribution in [0.3, 0.4) is 0 Å². The van der Waals surface area contributed by atoms with Crippen molar-refractivity contribution in [3.8, 4) is 0 Å². The van der Waals surface area contributed by atoms with Crippen molar-refractivity contribution in [3.63, 3.8) is 0 Å². The van der Waals surface area contributed by atoms with Crippen LogP contribution in [0.25, 0.3) is 0 Å². The van der Waals surface area contributed by atoms with Crippen LogP contribution in [0, 0.1) is 0 Å². The summed E-state index contributed by atoms with van der Waals surface area (Å²) < 4.78 is 1.14. The molecular weight excluding hydrogens is 164 g/mol. The van der Waals surface area contributed by atoms with Crippen molar-refractivity contribution < 1.29 is 0 Å². The molecule has 1 heterocycles. The molecule has 0 aliphatic heterocycles. The summed E-state index contributed by atoms with van der Waals surface area (Å²) in [4.78, 5) is 4.34. The summed E-state index contributed by atoms with van der Waals surface area (Å²) in [6.07, 6.45) is 2.04. The highest BCUT2D eigenvalue weighted by molar-refractivity contribution is 8.00. The number of nitrogens with one attached hydrogen (secondary N) is 1. The lowest BCUT2D eigenvalue weighted by Crippen LogP contribution is -2.04. The van der Waals surface area contributed by atoms with Gasteiger partial charge < -0.3 is 5.32 Å². The molecule has 1 N–H and O–H groups in total. The first kappa shape index (κ1) is 8.04. The first-order valence-electron chi connectivity index (χ1n) is 3.00. The molecule has 0 radical (unpaired) electrons. The minimum atomic E-state index is 0.872. The molecular formula is C6H10N2S2. The van der Waals surface area contributed by atoms with E-state index in [4.69, 9.17) is 0 Å². The third-order valence-corrected chi connectivity index (χ3v) is 2.98. The van der Waals surface area contributed by atoms with E-state index in [0.717, 1.165) is 16.6 Å². The molecule has 1 aromatic heterocycles. The van der Waals surface area contributed by atoms with Crippen LogP contribution in [-0.2, 0) is 6.54 Å². The van der Waals surface area contributed by atoms with E-state index in [-0.39, 0.29) is 0 Å². The number of hydrogen-bond acceptors (Lipinski definition) is 4. The molecule has 2 nitrogen and oxygen atoms in total. The fraction of sp³-hybridized carbons (Fsp3) is 0.500. The van der Waals surface area contributed by atoms with Crippen LogP contribution in [0.2, 0.25) is 0 Å². The second-order valence-electron chi connectivity index (χ2n) is 1.84. The van der Waals surface area contributed by atoms with Crippen molar-refractivity contribution in [3.05, 3.63) is 11.1 Å². The van der Waals surface area contributed by atoms with Crippen LogP contribution in [0.1, 0.15) is 5.69 Å². The number of thiazole rings is 1. The van der Waals surface area contributed by atoms with Crippen LogP contribution in [0.4, 0.5) is 0 Å². The van der Waals surface area contributed by atoms with Gasteiger partial charge in [-0.3, -0.25) is 0 Å². The minimum absolute atomic E-state index is 0.872. The summed E-state index contributed by atoms with van der Waals surface area (Å²) in [5, 5.41) is 5.14. The molecule has 4 heteroatoms. The average Bonchev–Trinajstić information content (AvgIpc) is 2.37. The van der Waals surface area contributed by atoms with E-state index in [2.05, 4.69) is 15.7 Å². The number of rotatable bonds is 3. The summed E-state index contributed by atoms with van der Waals surface area (Å²) in [5.41, 5.74) is 1.14. The van der Waals surface area contributed by atoms with Crippen molar-refractivity contribution in [2.24, 2.45) is 0 Å². The van der Waals surface area contributed by atoms with Gasteiger partial charge in [0.2, 0.25) is 0 Å². The van der Waals surface area contributed by atoms with Gasteiger partial charge in [0.15, 0.2) is 0 Å². The zero-order valence-electron chi connectivity index (χ0n) is 6.05. The molecule has 0 saturated carbocycles. The summed E-state index contributed by atoms with van der Waals surface area (Å²) >= 11 is 3.40. The van der Waals surface area contributed by atoms with Gasteiger partial charge in [-0.1, -0.05) is 11.8 Å². The highest BCUT2D eigenvalue weighted by atomic mass is 32.2. The monoisotopic (exact) mass is 174 g/mol. The normalized spacial score (nSPS) is 10.2. The van der Waals surface area contributed by atoms with E-state index < -0.39 is 0 Å². The second-order valence-corrected chi connectivity index (χ2v) is 3.75. The van der Waals surface area contributed by atoms with Gasteiger partial charge >= 0.3 is 0 Å². The Bertz CT molecular complexity index is 197. The van der Waals surface area contributed by atoms with E-state index in [1.54, 1.807) is 23.1 Å². The second kappa shape index (κ2) is 3.95. The van der Waals surface area contributed by atoms with Crippen molar-refractivity contribution in [2.75, 3.05) is 13.3 Å². The Hall–Kier alpha value is -0.0600. The SMILES string of the molecule is CNCc1csc(SC)n1. The third-order valence-electron chi connectivity index (χ3n) is 1.06. The maximum absolute atomic E-state index is 4.34. The number of hydrogen-bond donors (Lipinski definition) is 1. The van der Waals surface area contributed by atoms with Crippen LogP contribution in [-0.4, -0.2) is 18.3 Å². The van der Waals surface area contributed by atoms with Crippen molar-refractivity contribution >= 4 is 23.1 Å². The van der Waals surface area contributed by atoms with Gasteiger partial charge in [0.25, 0.3) is 0 Å². The zero-order valence-corrected chi connectivity index (χ0v) is 7.68. The molecule has 0 spiro atoms. The van der Waals surface area contributed by atoms with Crippen LogP contribution in [0.15, 0.2) is 9.72 Å². The quantitative estimate of drug-likeness (QED) is 0.704.